The van der Waals surface area contributed by atoms with Gasteiger partial charge in [0.1, 0.15) is 0 Å². The molecule has 2 aromatic rings. The summed E-state index contributed by atoms with van der Waals surface area (Å²) in [7, 11) is 0. The Hall–Kier alpha value is -1.12. The van der Waals surface area contributed by atoms with E-state index in [-0.39, 0.29) is 0 Å². The number of aryl methyl sites for hydroxylation is 2. The Labute approximate surface area is 108 Å². The topological polar surface area (TPSA) is 12.0 Å². The molecule has 2 rings (SSSR count). The van der Waals surface area contributed by atoms with Crippen LogP contribution in [0.3, 0.4) is 0 Å². The first-order valence-electron chi connectivity index (χ1n) is 6.00. The van der Waals surface area contributed by atoms with Crippen molar-refractivity contribution in [3.05, 3.63) is 57.3 Å². The van der Waals surface area contributed by atoms with Crippen LogP contribution >= 0.6 is 11.3 Å². The van der Waals surface area contributed by atoms with Crippen LogP contribution in [0.4, 0.5) is 0 Å². The summed E-state index contributed by atoms with van der Waals surface area (Å²) in [6.45, 7) is 7.47. The highest BCUT2D eigenvalue weighted by molar-refractivity contribution is 7.10. The van der Waals surface area contributed by atoms with Crippen LogP contribution in [0.15, 0.2) is 35.7 Å². The van der Waals surface area contributed by atoms with Crippen molar-refractivity contribution in [2.24, 2.45) is 0 Å². The molecule has 1 aromatic carbocycles. The smallest absolute Gasteiger partial charge is 0.0388 e. The molecule has 0 aliphatic heterocycles. The minimum absolute atomic E-state index is 0.426. The maximum absolute atomic E-state index is 3.58. The molecule has 0 saturated heterocycles. The number of benzene rings is 1. The van der Waals surface area contributed by atoms with Gasteiger partial charge in [-0.1, -0.05) is 29.8 Å². The van der Waals surface area contributed by atoms with Crippen molar-refractivity contribution in [3.63, 3.8) is 0 Å². The fraction of sp³-hybridized carbons (Fsp3) is 0.333. The zero-order chi connectivity index (χ0) is 12.3. The minimum Gasteiger partial charge on any atom is -0.305 e. The van der Waals surface area contributed by atoms with E-state index in [1.807, 2.05) is 11.3 Å². The van der Waals surface area contributed by atoms with Gasteiger partial charge in [-0.15, -0.1) is 11.3 Å². The van der Waals surface area contributed by atoms with Crippen LogP contribution in [0.1, 0.15) is 34.5 Å². The molecule has 0 radical (unpaired) electrons. The van der Waals surface area contributed by atoms with Crippen LogP contribution in [0.5, 0.6) is 0 Å². The average Bonchev–Trinajstić information content (AvgIpc) is 2.83. The molecule has 1 atom stereocenters. The Bertz CT molecular complexity index is 474. The lowest BCUT2D eigenvalue weighted by Crippen LogP contribution is -2.17. The van der Waals surface area contributed by atoms with Crippen molar-refractivity contribution in [3.8, 4) is 0 Å². The van der Waals surface area contributed by atoms with Gasteiger partial charge in [-0.05, 0) is 43.3 Å². The molecule has 2 heteroatoms. The van der Waals surface area contributed by atoms with Gasteiger partial charge in [-0.25, -0.2) is 0 Å². The Morgan fingerprint density at radius 3 is 2.76 bits per heavy atom. The molecule has 0 unspecified atom stereocenters. The van der Waals surface area contributed by atoms with Gasteiger partial charge in [-0.2, -0.15) is 0 Å². The van der Waals surface area contributed by atoms with Crippen molar-refractivity contribution >= 4 is 11.3 Å². The van der Waals surface area contributed by atoms with Crippen LogP contribution < -0.4 is 5.32 Å². The number of hydrogen-bond acceptors (Lipinski definition) is 2. The third-order valence-electron chi connectivity index (χ3n) is 3.07. The second kappa shape index (κ2) is 5.48. The average molecular weight is 245 g/mol. The van der Waals surface area contributed by atoms with Crippen LogP contribution in [-0.4, -0.2) is 0 Å². The summed E-state index contributed by atoms with van der Waals surface area (Å²) < 4.78 is 0. The standard InChI is InChI=1S/C15H19NS/c1-11-6-7-12(2)14(9-11)10-16-13(3)15-5-4-8-17-15/h4-9,13,16H,10H2,1-3H3/t13-/m1/s1. The first-order chi connectivity index (χ1) is 8.16. The van der Waals surface area contributed by atoms with Gasteiger partial charge in [0, 0.05) is 17.5 Å². The Balaban J connectivity index is 2.00. The quantitative estimate of drug-likeness (QED) is 0.850. The van der Waals surface area contributed by atoms with Gasteiger partial charge >= 0.3 is 0 Å². The van der Waals surface area contributed by atoms with Crippen molar-refractivity contribution in [1.29, 1.82) is 0 Å². The van der Waals surface area contributed by atoms with Crippen molar-refractivity contribution in [2.75, 3.05) is 0 Å². The maximum Gasteiger partial charge on any atom is 0.0388 e. The lowest BCUT2D eigenvalue weighted by molar-refractivity contribution is 0.581. The van der Waals surface area contributed by atoms with E-state index in [1.54, 1.807) is 0 Å². The maximum atomic E-state index is 3.58. The molecule has 17 heavy (non-hydrogen) atoms. The summed E-state index contributed by atoms with van der Waals surface area (Å²) in [5, 5.41) is 5.71. The first-order valence-corrected chi connectivity index (χ1v) is 6.87. The lowest BCUT2D eigenvalue weighted by Gasteiger charge is -2.14. The molecule has 0 amide bonds. The monoisotopic (exact) mass is 245 g/mol. The molecule has 0 saturated carbocycles. The lowest BCUT2D eigenvalue weighted by atomic mass is 10.1. The van der Waals surface area contributed by atoms with Gasteiger partial charge in [0.05, 0.1) is 0 Å². The van der Waals surface area contributed by atoms with E-state index in [4.69, 9.17) is 0 Å². The predicted molar refractivity (Wildman–Crippen MR) is 75.5 cm³/mol. The van der Waals surface area contributed by atoms with Gasteiger partial charge in [0.25, 0.3) is 0 Å². The number of nitrogens with one attached hydrogen (secondary N) is 1. The Morgan fingerprint density at radius 1 is 1.24 bits per heavy atom. The van der Waals surface area contributed by atoms with E-state index in [0.717, 1.165) is 6.54 Å². The predicted octanol–water partition coefficient (Wildman–Crippen LogP) is 4.22. The van der Waals surface area contributed by atoms with E-state index in [1.165, 1.54) is 21.6 Å². The normalized spacial score (nSPS) is 12.6. The summed E-state index contributed by atoms with van der Waals surface area (Å²) in [5.74, 6) is 0. The first kappa shape index (κ1) is 12.3. The van der Waals surface area contributed by atoms with Gasteiger partial charge in [0.2, 0.25) is 0 Å². The molecule has 0 bridgehead atoms. The molecule has 0 fully saturated rings. The number of rotatable bonds is 4. The molecule has 1 heterocycles. The summed E-state index contributed by atoms with van der Waals surface area (Å²) in [5.41, 5.74) is 4.09. The molecular formula is C15H19NS. The number of hydrogen-bond donors (Lipinski definition) is 1. The third kappa shape index (κ3) is 3.18. The van der Waals surface area contributed by atoms with Crippen LogP contribution in [0.2, 0.25) is 0 Å². The Kier molecular flexibility index (Phi) is 3.97. The van der Waals surface area contributed by atoms with Gasteiger partial charge < -0.3 is 5.32 Å². The Morgan fingerprint density at radius 2 is 2.06 bits per heavy atom. The van der Waals surface area contributed by atoms with Crippen LogP contribution in [0.25, 0.3) is 0 Å². The molecule has 1 nitrogen and oxygen atoms in total. The summed E-state index contributed by atoms with van der Waals surface area (Å²) in [6, 6.07) is 11.4. The van der Waals surface area contributed by atoms with Crippen LogP contribution in [0, 0.1) is 13.8 Å². The van der Waals surface area contributed by atoms with Gasteiger partial charge in [-0.3, -0.25) is 0 Å². The fourth-order valence-electron chi connectivity index (χ4n) is 1.89. The molecule has 0 aliphatic carbocycles. The minimum atomic E-state index is 0.426. The fourth-order valence-corrected chi connectivity index (χ4v) is 2.65. The van der Waals surface area contributed by atoms with E-state index < -0.39 is 0 Å². The van der Waals surface area contributed by atoms with E-state index in [9.17, 15) is 0 Å². The van der Waals surface area contributed by atoms with Crippen molar-refractivity contribution < 1.29 is 0 Å². The zero-order valence-corrected chi connectivity index (χ0v) is 11.5. The van der Waals surface area contributed by atoms with E-state index >= 15 is 0 Å². The summed E-state index contributed by atoms with van der Waals surface area (Å²) >= 11 is 1.81. The zero-order valence-electron chi connectivity index (χ0n) is 10.7. The SMILES string of the molecule is Cc1ccc(C)c(CN[C@H](C)c2cccs2)c1. The second-order valence-corrected chi connectivity index (χ2v) is 5.53. The third-order valence-corrected chi connectivity index (χ3v) is 4.13. The molecule has 0 spiro atoms. The highest BCUT2D eigenvalue weighted by Crippen LogP contribution is 2.19. The molecular weight excluding hydrogens is 226 g/mol. The van der Waals surface area contributed by atoms with E-state index in [2.05, 4.69) is 61.8 Å². The molecule has 90 valence electrons. The van der Waals surface area contributed by atoms with Crippen molar-refractivity contribution in [1.82, 2.24) is 5.32 Å². The van der Waals surface area contributed by atoms with Crippen molar-refractivity contribution in [2.45, 2.75) is 33.4 Å². The summed E-state index contributed by atoms with van der Waals surface area (Å²) in [4.78, 5) is 1.40. The largest absolute Gasteiger partial charge is 0.305 e. The highest BCUT2D eigenvalue weighted by Gasteiger charge is 2.06. The second-order valence-electron chi connectivity index (χ2n) is 4.55. The molecule has 1 N–H and O–H groups in total. The van der Waals surface area contributed by atoms with Crippen LogP contribution in [-0.2, 0) is 6.54 Å². The highest BCUT2D eigenvalue weighted by atomic mass is 32.1. The van der Waals surface area contributed by atoms with E-state index in [0.29, 0.717) is 6.04 Å². The number of thiophene rings is 1. The summed E-state index contributed by atoms with van der Waals surface area (Å²) in [6.07, 6.45) is 0. The molecule has 0 aliphatic rings. The van der Waals surface area contributed by atoms with Gasteiger partial charge in [0.15, 0.2) is 0 Å². The molecule has 1 aromatic heterocycles.